The fraction of sp³-hybridized carbons (Fsp3) is 0.611. The quantitative estimate of drug-likeness (QED) is 0.864. The molecule has 130 valence electrons. The Morgan fingerprint density at radius 1 is 1.25 bits per heavy atom. The van der Waals surface area contributed by atoms with Crippen LogP contribution >= 0.6 is 0 Å². The van der Waals surface area contributed by atoms with E-state index < -0.39 is 0 Å². The first-order chi connectivity index (χ1) is 11.1. The molecule has 6 nitrogen and oxygen atoms in total. The number of aryl methyl sites for hydroxylation is 1. The van der Waals surface area contributed by atoms with Crippen LogP contribution in [0.1, 0.15) is 52.8 Å². The summed E-state index contributed by atoms with van der Waals surface area (Å²) in [5.74, 6) is 0.970. The number of nitrogens with one attached hydrogen (secondary N) is 1. The van der Waals surface area contributed by atoms with Crippen molar-refractivity contribution < 1.29 is 0 Å². The first kappa shape index (κ1) is 18.0. The Labute approximate surface area is 143 Å². The summed E-state index contributed by atoms with van der Waals surface area (Å²) >= 11 is 0. The minimum Gasteiger partial charge on any atom is -0.347 e. The van der Waals surface area contributed by atoms with Gasteiger partial charge < -0.3 is 9.80 Å². The van der Waals surface area contributed by atoms with Crippen LogP contribution in [-0.2, 0) is 7.05 Å². The molecule has 1 aromatic heterocycles. The van der Waals surface area contributed by atoms with Crippen molar-refractivity contribution in [1.82, 2.24) is 19.6 Å². The SMILES string of the molecule is CC(C)N1CC(C)(C)N(C(C)C)C1=C=Cc1c(C#N)[nH]n(C)c1=O. The van der Waals surface area contributed by atoms with Crippen LogP contribution in [0.4, 0.5) is 0 Å². The molecule has 1 fully saturated rings. The van der Waals surface area contributed by atoms with Crippen molar-refractivity contribution in [2.24, 2.45) is 7.05 Å². The van der Waals surface area contributed by atoms with Crippen molar-refractivity contribution in [2.75, 3.05) is 6.54 Å². The molecule has 6 heteroatoms. The second-order valence-electron chi connectivity index (χ2n) is 7.49. The Balaban J connectivity index is 2.63. The van der Waals surface area contributed by atoms with Crippen LogP contribution < -0.4 is 5.56 Å². The molecule has 0 aliphatic carbocycles. The standard InChI is InChI=1S/C18H27N5O/c1-12(2)22-11-18(5,6)23(13(3)4)16(22)9-8-14-15(10-19)20-21(7)17(14)24/h8,12-13,20H,11H2,1-7H3. The van der Waals surface area contributed by atoms with Crippen molar-refractivity contribution in [3.8, 4) is 6.07 Å². The molecule has 0 unspecified atom stereocenters. The van der Waals surface area contributed by atoms with E-state index in [9.17, 15) is 10.1 Å². The fourth-order valence-corrected chi connectivity index (χ4v) is 3.44. The highest BCUT2D eigenvalue weighted by molar-refractivity contribution is 5.54. The zero-order valence-electron chi connectivity index (χ0n) is 15.6. The lowest BCUT2D eigenvalue weighted by Gasteiger charge is -2.35. The van der Waals surface area contributed by atoms with Gasteiger partial charge >= 0.3 is 0 Å². The molecule has 0 aromatic carbocycles. The predicted octanol–water partition coefficient (Wildman–Crippen LogP) is 2.25. The van der Waals surface area contributed by atoms with Gasteiger partial charge in [0.2, 0.25) is 0 Å². The molecular formula is C18H27N5O. The lowest BCUT2D eigenvalue weighted by molar-refractivity contribution is 0.175. The molecule has 1 N–H and O–H groups in total. The molecular weight excluding hydrogens is 302 g/mol. The Morgan fingerprint density at radius 3 is 2.38 bits per heavy atom. The molecule has 0 radical (unpaired) electrons. The van der Waals surface area contributed by atoms with Crippen molar-refractivity contribution in [1.29, 1.82) is 5.26 Å². The van der Waals surface area contributed by atoms with Gasteiger partial charge in [-0.2, -0.15) is 5.26 Å². The Kier molecular flexibility index (Phi) is 4.68. The third-order valence-electron chi connectivity index (χ3n) is 4.39. The van der Waals surface area contributed by atoms with Crippen molar-refractivity contribution >= 4 is 6.08 Å². The van der Waals surface area contributed by atoms with Crippen molar-refractivity contribution in [3.63, 3.8) is 0 Å². The summed E-state index contributed by atoms with van der Waals surface area (Å²) in [5, 5.41) is 12.0. The normalized spacial score (nSPS) is 16.8. The van der Waals surface area contributed by atoms with Gasteiger partial charge in [0.15, 0.2) is 5.82 Å². The van der Waals surface area contributed by atoms with E-state index in [0.717, 1.165) is 12.4 Å². The number of rotatable bonds is 3. The van der Waals surface area contributed by atoms with E-state index in [4.69, 9.17) is 0 Å². The van der Waals surface area contributed by atoms with Gasteiger partial charge in [0.05, 0.1) is 11.1 Å². The molecule has 0 saturated carbocycles. The zero-order chi connectivity index (χ0) is 18.2. The lowest BCUT2D eigenvalue weighted by Crippen LogP contribution is -2.43. The third-order valence-corrected chi connectivity index (χ3v) is 4.39. The van der Waals surface area contributed by atoms with E-state index in [2.05, 4.69) is 62.2 Å². The summed E-state index contributed by atoms with van der Waals surface area (Å²) in [4.78, 5) is 16.8. The summed E-state index contributed by atoms with van der Waals surface area (Å²) in [6.07, 6.45) is 1.64. The highest BCUT2D eigenvalue weighted by atomic mass is 16.1. The van der Waals surface area contributed by atoms with Gasteiger partial charge in [0.25, 0.3) is 5.56 Å². The largest absolute Gasteiger partial charge is 0.347 e. The maximum Gasteiger partial charge on any atom is 0.275 e. The molecule has 2 rings (SSSR count). The van der Waals surface area contributed by atoms with E-state index in [1.807, 2.05) is 6.07 Å². The second-order valence-corrected chi connectivity index (χ2v) is 7.49. The number of H-pyrrole nitrogens is 1. The van der Waals surface area contributed by atoms with E-state index in [-0.39, 0.29) is 16.8 Å². The fourth-order valence-electron chi connectivity index (χ4n) is 3.44. The van der Waals surface area contributed by atoms with Gasteiger partial charge in [0, 0.05) is 25.7 Å². The Hall–Kier alpha value is -2.38. The number of hydrogen-bond donors (Lipinski definition) is 1. The van der Waals surface area contributed by atoms with E-state index in [0.29, 0.717) is 17.6 Å². The second kappa shape index (κ2) is 6.26. The molecule has 1 aliphatic heterocycles. The topological polar surface area (TPSA) is 68.1 Å². The highest BCUT2D eigenvalue weighted by Crippen LogP contribution is 2.35. The maximum atomic E-state index is 12.2. The average molecular weight is 329 g/mol. The number of nitrogens with zero attached hydrogens (tertiary/aromatic N) is 4. The molecule has 1 aliphatic rings. The van der Waals surface area contributed by atoms with Crippen LogP contribution in [-0.4, -0.2) is 43.7 Å². The zero-order valence-corrected chi connectivity index (χ0v) is 15.6. The Bertz CT molecular complexity index is 781. The first-order valence-corrected chi connectivity index (χ1v) is 8.32. The number of aromatic amines is 1. The van der Waals surface area contributed by atoms with Crippen LogP contribution in [0.3, 0.4) is 0 Å². The number of hydrogen-bond acceptors (Lipinski definition) is 4. The minimum atomic E-state index is -0.218. The summed E-state index contributed by atoms with van der Waals surface area (Å²) in [7, 11) is 1.60. The third kappa shape index (κ3) is 3.00. The molecule has 0 spiro atoms. The van der Waals surface area contributed by atoms with Crippen molar-refractivity contribution in [3.05, 3.63) is 33.2 Å². The Morgan fingerprint density at radius 2 is 1.88 bits per heavy atom. The van der Waals surface area contributed by atoms with E-state index >= 15 is 0 Å². The molecule has 2 heterocycles. The number of aromatic nitrogens is 2. The van der Waals surface area contributed by atoms with Gasteiger partial charge in [-0.3, -0.25) is 14.6 Å². The molecule has 1 aromatic rings. The average Bonchev–Trinajstić information content (AvgIpc) is 2.91. The highest BCUT2D eigenvalue weighted by Gasteiger charge is 2.42. The summed E-state index contributed by atoms with van der Waals surface area (Å²) in [5.41, 5.74) is 3.68. The maximum absolute atomic E-state index is 12.2. The summed E-state index contributed by atoms with van der Waals surface area (Å²) in [6, 6.07) is 2.67. The monoisotopic (exact) mass is 329 g/mol. The number of nitriles is 1. The summed E-state index contributed by atoms with van der Waals surface area (Å²) in [6.45, 7) is 13.9. The lowest BCUT2D eigenvalue weighted by atomic mass is 10.0. The van der Waals surface area contributed by atoms with Crippen LogP contribution in [0.5, 0.6) is 0 Å². The van der Waals surface area contributed by atoms with E-state index in [1.54, 1.807) is 13.1 Å². The molecule has 0 bridgehead atoms. The predicted molar refractivity (Wildman–Crippen MR) is 95.1 cm³/mol. The van der Waals surface area contributed by atoms with Crippen molar-refractivity contribution in [2.45, 2.75) is 59.2 Å². The first-order valence-electron chi connectivity index (χ1n) is 8.32. The van der Waals surface area contributed by atoms with Crippen LogP contribution in [0.25, 0.3) is 6.08 Å². The van der Waals surface area contributed by atoms with Gasteiger partial charge in [0.1, 0.15) is 11.8 Å². The van der Waals surface area contributed by atoms with Crippen LogP contribution in [0, 0.1) is 11.3 Å². The molecule has 1 saturated heterocycles. The van der Waals surface area contributed by atoms with Gasteiger partial charge in [-0.25, -0.2) is 0 Å². The van der Waals surface area contributed by atoms with E-state index in [1.165, 1.54) is 4.68 Å². The smallest absolute Gasteiger partial charge is 0.275 e. The minimum absolute atomic E-state index is 0.0181. The van der Waals surface area contributed by atoms with Crippen LogP contribution in [0.15, 0.2) is 16.3 Å². The van der Waals surface area contributed by atoms with Crippen LogP contribution in [0.2, 0.25) is 0 Å². The molecule has 24 heavy (non-hydrogen) atoms. The molecule has 0 atom stereocenters. The molecule has 0 amide bonds. The van der Waals surface area contributed by atoms with Gasteiger partial charge in [-0.15, -0.1) is 0 Å². The van der Waals surface area contributed by atoms with Gasteiger partial charge in [-0.05, 0) is 47.6 Å². The summed E-state index contributed by atoms with van der Waals surface area (Å²) < 4.78 is 1.32. The van der Waals surface area contributed by atoms with Gasteiger partial charge in [-0.1, -0.05) is 5.73 Å².